The second-order valence-electron chi connectivity index (χ2n) is 7.06. The molecule has 1 N–H and O–H groups in total. The molecule has 5 nitrogen and oxygen atoms in total. The van der Waals surface area contributed by atoms with Gasteiger partial charge in [-0.25, -0.2) is 4.98 Å². The maximum absolute atomic E-state index is 12.9. The lowest BCUT2D eigenvalue weighted by molar-refractivity contribution is -0.132. The van der Waals surface area contributed by atoms with Crippen molar-refractivity contribution >= 4 is 16.8 Å². The second-order valence-corrected chi connectivity index (χ2v) is 7.06. The van der Waals surface area contributed by atoms with Crippen molar-refractivity contribution in [2.45, 2.75) is 39.2 Å². The molecule has 1 aliphatic heterocycles. The quantitative estimate of drug-likeness (QED) is 0.797. The molecule has 2 aromatic heterocycles. The maximum Gasteiger partial charge on any atom is 0.227 e. The van der Waals surface area contributed by atoms with Gasteiger partial charge < -0.3 is 14.5 Å². The summed E-state index contributed by atoms with van der Waals surface area (Å²) in [6, 6.07) is 6.67. The standard InChI is InChI=1S/C20H24N4O/c1-14-5-6-18-16(12-22-19(18)10-14)11-20(25)23-8-3-4-17(13-23)24-9-7-21-15(24)2/h5-7,9-10,12,17,22H,3-4,8,11,13H2,1-2H3. The lowest BCUT2D eigenvalue weighted by Crippen LogP contribution is -2.41. The number of aromatic nitrogens is 3. The Morgan fingerprint density at radius 2 is 2.24 bits per heavy atom. The number of imidazole rings is 1. The van der Waals surface area contributed by atoms with Crippen molar-refractivity contribution in [3.63, 3.8) is 0 Å². The predicted molar refractivity (Wildman–Crippen MR) is 98.6 cm³/mol. The minimum absolute atomic E-state index is 0.212. The Balaban J connectivity index is 1.49. The average Bonchev–Trinajstić information content (AvgIpc) is 3.21. The molecule has 25 heavy (non-hydrogen) atoms. The van der Waals surface area contributed by atoms with Gasteiger partial charge in [-0.05, 0) is 43.9 Å². The third-order valence-corrected chi connectivity index (χ3v) is 5.27. The van der Waals surface area contributed by atoms with Gasteiger partial charge in [0.05, 0.1) is 12.5 Å². The zero-order valence-corrected chi connectivity index (χ0v) is 14.8. The number of rotatable bonds is 3. The van der Waals surface area contributed by atoms with Crippen LogP contribution in [0.25, 0.3) is 10.9 Å². The molecule has 0 bridgehead atoms. The van der Waals surface area contributed by atoms with Crippen LogP contribution in [0, 0.1) is 13.8 Å². The smallest absolute Gasteiger partial charge is 0.227 e. The number of nitrogens with one attached hydrogen (secondary N) is 1. The van der Waals surface area contributed by atoms with Gasteiger partial charge in [-0.15, -0.1) is 0 Å². The maximum atomic E-state index is 12.9. The van der Waals surface area contributed by atoms with Gasteiger partial charge in [-0.2, -0.15) is 0 Å². The van der Waals surface area contributed by atoms with Gasteiger partial charge in [0.15, 0.2) is 0 Å². The van der Waals surface area contributed by atoms with Crippen LogP contribution in [0.4, 0.5) is 0 Å². The van der Waals surface area contributed by atoms with E-state index in [9.17, 15) is 4.79 Å². The van der Waals surface area contributed by atoms with E-state index in [0.717, 1.165) is 48.2 Å². The molecule has 1 amide bonds. The Kier molecular flexibility index (Phi) is 4.07. The van der Waals surface area contributed by atoms with Gasteiger partial charge >= 0.3 is 0 Å². The van der Waals surface area contributed by atoms with Crippen molar-refractivity contribution in [2.24, 2.45) is 0 Å². The fourth-order valence-electron chi connectivity index (χ4n) is 3.90. The molecule has 0 aliphatic carbocycles. The van der Waals surface area contributed by atoms with Gasteiger partial charge in [-0.3, -0.25) is 4.79 Å². The van der Waals surface area contributed by atoms with Crippen molar-refractivity contribution in [1.29, 1.82) is 0 Å². The Morgan fingerprint density at radius 3 is 3.04 bits per heavy atom. The molecule has 1 aromatic carbocycles. The van der Waals surface area contributed by atoms with Crippen LogP contribution in [0.3, 0.4) is 0 Å². The first kappa shape index (κ1) is 15.9. The number of likely N-dealkylation sites (tertiary alicyclic amines) is 1. The summed E-state index contributed by atoms with van der Waals surface area (Å²) < 4.78 is 2.20. The van der Waals surface area contributed by atoms with Crippen molar-refractivity contribution in [1.82, 2.24) is 19.4 Å². The van der Waals surface area contributed by atoms with E-state index >= 15 is 0 Å². The van der Waals surface area contributed by atoms with Crippen LogP contribution in [0.1, 0.15) is 35.8 Å². The normalized spacial score (nSPS) is 18.0. The molecule has 1 atom stereocenters. The summed E-state index contributed by atoms with van der Waals surface area (Å²) in [6.07, 6.45) is 8.44. The van der Waals surface area contributed by atoms with Crippen LogP contribution in [0.5, 0.6) is 0 Å². The number of fused-ring (bicyclic) bond motifs is 1. The number of piperidine rings is 1. The molecule has 0 radical (unpaired) electrons. The molecule has 1 aliphatic rings. The van der Waals surface area contributed by atoms with E-state index in [1.54, 1.807) is 0 Å². The average molecular weight is 336 g/mol. The highest BCUT2D eigenvalue weighted by atomic mass is 16.2. The van der Waals surface area contributed by atoms with Gasteiger partial charge in [0, 0.05) is 42.6 Å². The first-order chi connectivity index (χ1) is 12.1. The third kappa shape index (κ3) is 3.06. The Morgan fingerprint density at radius 1 is 1.36 bits per heavy atom. The summed E-state index contributed by atoms with van der Waals surface area (Å²) >= 11 is 0. The van der Waals surface area contributed by atoms with Crippen molar-refractivity contribution in [3.8, 4) is 0 Å². The van der Waals surface area contributed by atoms with Gasteiger partial charge in [0.1, 0.15) is 5.82 Å². The summed E-state index contributed by atoms with van der Waals surface area (Å²) in [7, 11) is 0. The molecule has 130 valence electrons. The summed E-state index contributed by atoms with van der Waals surface area (Å²) in [4.78, 5) is 22.5. The largest absolute Gasteiger partial charge is 0.361 e. The number of aryl methyl sites for hydroxylation is 2. The van der Waals surface area contributed by atoms with E-state index in [-0.39, 0.29) is 5.91 Å². The van der Waals surface area contributed by atoms with Crippen LogP contribution in [-0.4, -0.2) is 38.4 Å². The van der Waals surface area contributed by atoms with Crippen LogP contribution < -0.4 is 0 Å². The Labute approximate surface area is 147 Å². The number of carbonyl (C=O) groups excluding carboxylic acids is 1. The molecule has 0 saturated carbocycles. The lowest BCUT2D eigenvalue weighted by Gasteiger charge is -2.34. The molecule has 1 saturated heterocycles. The highest BCUT2D eigenvalue weighted by molar-refractivity contribution is 5.89. The van der Waals surface area contributed by atoms with Crippen LogP contribution >= 0.6 is 0 Å². The van der Waals surface area contributed by atoms with E-state index in [4.69, 9.17) is 0 Å². The van der Waals surface area contributed by atoms with E-state index in [0.29, 0.717) is 12.5 Å². The molecule has 3 heterocycles. The highest BCUT2D eigenvalue weighted by Gasteiger charge is 2.25. The minimum atomic E-state index is 0.212. The third-order valence-electron chi connectivity index (χ3n) is 5.27. The molecule has 1 fully saturated rings. The monoisotopic (exact) mass is 336 g/mol. The van der Waals surface area contributed by atoms with E-state index < -0.39 is 0 Å². The van der Waals surface area contributed by atoms with E-state index in [1.165, 1.54) is 5.56 Å². The molecular weight excluding hydrogens is 312 g/mol. The van der Waals surface area contributed by atoms with E-state index in [2.05, 4.69) is 39.7 Å². The molecule has 3 aromatic rings. The highest BCUT2D eigenvalue weighted by Crippen LogP contribution is 2.25. The van der Waals surface area contributed by atoms with Crippen molar-refractivity contribution < 1.29 is 4.79 Å². The molecular formula is C20H24N4O. The molecule has 0 spiro atoms. The Bertz CT molecular complexity index is 907. The summed E-state index contributed by atoms with van der Waals surface area (Å²) in [5.41, 5.74) is 3.41. The van der Waals surface area contributed by atoms with Gasteiger partial charge in [0.25, 0.3) is 0 Å². The zero-order chi connectivity index (χ0) is 17.4. The molecule has 5 heteroatoms. The second kappa shape index (κ2) is 6.39. The van der Waals surface area contributed by atoms with Gasteiger partial charge in [0.2, 0.25) is 5.91 Å². The number of H-pyrrole nitrogens is 1. The van der Waals surface area contributed by atoms with Gasteiger partial charge in [-0.1, -0.05) is 12.1 Å². The van der Waals surface area contributed by atoms with Crippen LogP contribution in [-0.2, 0) is 11.2 Å². The molecule has 1 unspecified atom stereocenters. The number of amides is 1. The first-order valence-corrected chi connectivity index (χ1v) is 8.95. The van der Waals surface area contributed by atoms with Crippen molar-refractivity contribution in [3.05, 3.63) is 53.7 Å². The topological polar surface area (TPSA) is 53.9 Å². The summed E-state index contributed by atoms with van der Waals surface area (Å²) in [6.45, 7) is 5.73. The zero-order valence-electron chi connectivity index (χ0n) is 14.8. The van der Waals surface area contributed by atoms with E-state index in [1.807, 2.05) is 30.4 Å². The fourth-order valence-corrected chi connectivity index (χ4v) is 3.90. The SMILES string of the molecule is Cc1ccc2c(CC(=O)N3CCCC(n4ccnc4C)C3)c[nH]c2c1. The minimum Gasteiger partial charge on any atom is -0.361 e. The number of aromatic amines is 1. The number of hydrogen-bond acceptors (Lipinski definition) is 2. The molecule has 4 rings (SSSR count). The summed E-state index contributed by atoms with van der Waals surface area (Å²) in [5, 5.41) is 1.15. The van der Waals surface area contributed by atoms with Crippen LogP contribution in [0.2, 0.25) is 0 Å². The number of hydrogen-bond donors (Lipinski definition) is 1. The van der Waals surface area contributed by atoms with Crippen LogP contribution in [0.15, 0.2) is 36.8 Å². The number of benzene rings is 1. The first-order valence-electron chi connectivity index (χ1n) is 8.95. The van der Waals surface area contributed by atoms with Crippen molar-refractivity contribution in [2.75, 3.05) is 13.1 Å². The Hall–Kier alpha value is -2.56. The summed E-state index contributed by atoms with van der Waals surface area (Å²) in [5.74, 6) is 1.23. The number of carbonyl (C=O) groups is 1. The lowest BCUT2D eigenvalue weighted by atomic mass is 10.0. The fraction of sp³-hybridized carbons (Fsp3) is 0.400. The number of nitrogens with zero attached hydrogens (tertiary/aromatic N) is 3. The predicted octanol–water partition coefficient (Wildman–Crippen LogP) is 3.39.